The average molecular weight is 499 g/mol. The van der Waals surface area contributed by atoms with Gasteiger partial charge in [0, 0.05) is 23.0 Å². The van der Waals surface area contributed by atoms with Gasteiger partial charge in [-0.1, -0.05) is 85.3 Å². The van der Waals surface area contributed by atoms with Crippen LogP contribution in [-0.2, 0) is 11.2 Å². The van der Waals surface area contributed by atoms with E-state index in [2.05, 4.69) is 77.1 Å². The van der Waals surface area contributed by atoms with Crippen LogP contribution in [-0.4, -0.2) is 32.5 Å². The maximum atomic E-state index is 13.3. The topological polar surface area (TPSA) is 51.0 Å². The largest absolute Gasteiger partial charge is 0.309 e. The van der Waals surface area contributed by atoms with Crippen molar-refractivity contribution < 1.29 is 4.79 Å². The lowest BCUT2D eigenvalue weighted by molar-refractivity contribution is -0.116. The second-order valence-corrected chi connectivity index (χ2v) is 10.2. The zero-order valence-electron chi connectivity index (χ0n) is 21.5. The highest BCUT2D eigenvalue weighted by Crippen LogP contribution is 2.29. The maximum Gasteiger partial charge on any atom is 0.237 e. The SMILES string of the molecule is CCCCc1ccc(-n2c(SCC(=O)N(c3ccccc3)C(C)C)nnc2-c2ccc(C)cc2)cc1. The summed E-state index contributed by atoms with van der Waals surface area (Å²) in [5.74, 6) is 1.09. The van der Waals surface area contributed by atoms with Gasteiger partial charge in [0.25, 0.3) is 0 Å². The Kier molecular flexibility index (Phi) is 8.60. The van der Waals surface area contributed by atoms with Gasteiger partial charge in [0.05, 0.1) is 5.75 Å². The number of aromatic nitrogens is 3. The Morgan fingerprint density at radius 2 is 1.64 bits per heavy atom. The number of aryl methyl sites for hydroxylation is 2. The van der Waals surface area contributed by atoms with Gasteiger partial charge in [-0.25, -0.2) is 0 Å². The molecule has 0 saturated heterocycles. The Hall–Kier alpha value is -3.38. The van der Waals surface area contributed by atoms with E-state index >= 15 is 0 Å². The molecule has 0 fully saturated rings. The lowest BCUT2D eigenvalue weighted by Gasteiger charge is -2.26. The molecule has 0 unspecified atom stereocenters. The fourth-order valence-corrected chi connectivity index (χ4v) is 5.00. The lowest BCUT2D eigenvalue weighted by atomic mass is 10.1. The van der Waals surface area contributed by atoms with E-state index in [-0.39, 0.29) is 17.7 Å². The molecule has 186 valence electrons. The van der Waals surface area contributed by atoms with Crippen molar-refractivity contribution in [3.05, 3.63) is 90.0 Å². The smallest absolute Gasteiger partial charge is 0.237 e. The van der Waals surface area contributed by atoms with Crippen molar-refractivity contribution in [3.8, 4) is 17.1 Å². The number of nitrogens with zero attached hydrogens (tertiary/aromatic N) is 4. The monoisotopic (exact) mass is 498 g/mol. The van der Waals surface area contributed by atoms with Gasteiger partial charge >= 0.3 is 0 Å². The molecular formula is C30H34N4OS. The van der Waals surface area contributed by atoms with Gasteiger partial charge in [-0.15, -0.1) is 10.2 Å². The molecule has 36 heavy (non-hydrogen) atoms. The summed E-state index contributed by atoms with van der Waals surface area (Å²) < 4.78 is 2.06. The molecule has 0 aliphatic carbocycles. The standard InChI is InChI=1S/C30H34N4OS/c1-5-6-10-24-15-19-27(20-16-24)34-29(25-17-13-23(4)14-18-25)31-32-30(34)36-21-28(35)33(22(2)3)26-11-8-7-9-12-26/h7-9,11-20,22H,5-6,10,21H2,1-4H3. The van der Waals surface area contributed by atoms with E-state index in [0.29, 0.717) is 5.16 Å². The van der Waals surface area contributed by atoms with Crippen LogP contribution in [0.15, 0.2) is 84.0 Å². The highest BCUT2D eigenvalue weighted by Gasteiger charge is 2.22. The number of carbonyl (C=O) groups is 1. The molecule has 4 rings (SSSR count). The van der Waals surface area contributed by atoms with E-state index in [0.717, 1.165) is 29.2 Å². The van der Waals surface area contributed by atoms with Gasteiger partial charge in [-0.2, -0.15) is 0 Å². The first-order chi connectivity index (χ1) is 17.5. The van der Waals surface area contributed by atoms with Crippen molar-refractivity contribution in [1.29, 1.82) is 0 Å². The zero-order chi connectivity index (χ0) is 25.5. The molecule has 4 aromatic rings. The molecule has 0 N–H and O–H groups in total. The first-order valence-corrected chi connectivity index (χ1v) is 13.6. The predicted octanol–water partition coefficient (Wildman–Crippen LogP) is 7.12. The summed E-state index contributed by atoms with van der Waals surface area (Å²) in [4.78, 5) is 15.2. The molecule has 0 spiro atoms. The number of hydrogen-bond acceptors (Lipinski definition) is 4. The Morgan fingerprint density at radius 1 is 0.944 bits per heavy atom. The maximum absolute atomic E-state index is 13.3. The molecule has 0 atom stereocenters. The number of para-hydroxylation sites is 1. The van der Waals surface area contributed by atoms with E-state index in [1.807, 2.05) is 49.1 Å². The van der Waals surface area contributed by atoms with Crippen LogP contribution in [0.5, 0.6) is 0 Å². The third-order valence-electron chi connectivity index (χ3n) is 6.10. The Labute approximate surface area is 218 Å². The van der Waals surface area contributed by atoms with E-state index in [9.17, 15) is 4.79 Å². The van der Waals surface area contributed by atoms with Crippen LogP contribution in [0.1, 0.15) is 44.7 Å². The minimum absolute atomic E-state index is 0.0440. The molecule has 1 amide bonds. The van der Waals surface area contributed by atoms with Crippen LogP contribution >= 0.6 is 11.8 Å². The van der Waals surface area contributed by atoms with Crippen molar-refractivity contribution >= 4 is 23.4 Å². The van der Waals surface area contributed by atoms with Crippen LogP contribution in [0.25, 0.3) is 17.1 Å². The summed E-state index contributed by atoms with van der Waals surface area (Å²) in [7, 11) is 0. The number of rotatable bonds is 10. The van der Waals surface area contributed by atoms with Crippen LogP contribution in [0, 0.1) is 6.92 Å². The van der Waals surface area contributed by atoms with Gasteiger partial charge in [-0.3, -0.25) is 9.36 Å². The van der Waals surface area contributed by atoms with Gasteiger partial charge in [0.2, 0.25) is 5.91 Å². The number of benzene rings is 3. The van der Waals surface area contributed by atoms with E-state index in [1.165, 1.54) is 35.7 Å². The first kappa shape index (κ1) is 25.7. The molecule has 0 saturated carbocycles. The highest BCUT2D eigenvalue weighted by molar-refractivity contribution is 7.99. The molecule has 0 radical (unpaired) electrons. The normalized spacial score (nSPS) is 11.1. The fourth-order valence-electron chi connectivity index (χ4n) is 4.19. The zero-order valence-corrected chi connectivity index (χ0v) is 22.3. The number of amides is 1. The molecule has 3 aromatic carbocycles. The molecule has 0 aliphatic rings. The lowest BCUT2D eigenvalue weighted by Crippen LogP contribution is -2.38. The molecule has 0 aliphatic heterocycles. The number of thioether (sulfide) groups is 1. The summed E-state index contributed by atoms with van der Waals surface area (Å²) in [6.07, 6.45) is 3.43. The van der Waals surface area contributed by atoms with E-state index < -0.39 is 0 Å². The molecule has 5 nitrogen and oxygen atoms in total. The average Bonchev–Trinajstić information content (AvgIpc) is 3.31. The minimum Gasteiger partial charge on any atom is -0.309 e. The third-order valence-corrected chi connectivity index (χ3v) is 7.01. The Bertz CT molecular complexity index is 1260. The summed E-state index contributed by atoms with van der Waals surface area (Å²) in [6, 6.07) is 26.8. The van der Waals surface area contributed by atoms with E-state index in [1.54, 1.807) is 0 Å². The quantitative estimate of drug-likeness (QED) is 0.218. The third kappa shape index (κ3) is 6.05. The summed E-state index contributed by atoms with van der Waals surface area (Å²) >= 11 is 1.43. The van der Waals surface area contributed by atoms with Crippen LogP contribution < -0.4 is 4.90 Å². The predicted molar refractivity (Wildman–Crippen MR) is 150 cm³/mol. The summed E-state index contributed by atoms with van der Waals surface area (Å²) in [5, 5.41) is 9.77. The van der Waals surface area contributed by atoms with Crippen molar-refractivity contribution in [1.82, 2.24) is 14.8 Å². The van der Waals surface area contributed by atoms with E-state index in [4.69, 9.17) is 0 Å². The van der Waals surface area contributed by atoms with Crippen molar-refractivity contribution in [3.63, 3.8) is 0 Å². The van der Waals surface area contributed by atoms with Crippen LogP contribution in [0.2, 0.25) is 0 Å². The second kappa shape index (κ2) is 12.0. The number of unbranched alkanes of at least 4 members (excludes halogenated alkanes) is 1. The molecule has 0 bridgehead atoms. The van der Waals surface area contributed by atoms with Crippen LogP contribution in [0.3, 0.4) is 0 Å². The number of hydrogen-bond donors (Lipinski definition) is 0. The van der Waals surface area contributed by atoms with Gasteiger partial charge in [-0.05, 0) is 63.4 Å². The van der Waals surface area contributed by atoms with Crippen molar-refractivity contribution in [2.75, 3.05) is 10.7 Å². The van der Waals surface area contributed by atoms with Gasteiger partial charge < -0.3 is 4.90 Å². The number of carbonyl (C=O) groups excluding carboxylic acids is 1. The summed E-state index contributed by atoms with van der Waals surface area (Å²) in [5.41, 5.74) is 5.41. The highest BCUT2D eigenvalue weighted by atomic mass is 32.2. The van der Waals surface area contributed by atoms with Crippen LogP contribution in [0.4, 0.5) is 5.69 Å². The Morgan fingerprint density at radius 3 is 2.28 bits per heavy atom. The molecular weight excluding hydrogens is 464 g/mol. The molecule has 1 aromatic heterocycles. The van der Waals surface area contributed by atoms with Gasteiger partial charge in [0.15, 0.2) is 11.0 Å². The Balaban J connectivity index is 1.64. The van der Waals surface area contributed by atoms with Crippen molar-refractivity contribution in [2.24, 2.45) is 0 Å². The minimum atomic E-state index is 0.0440. The molecule has 1 heterocycles. The summed E-state index contributed by atoms with van der Waals surface area (Å²) in [6.45, 7) is 8.35. The second-order valence-electron chi connectivity index (χ2n) is 9.26. The van der Waals surface area contributed by atoms with Gasteiger partial charge in [0.1, 0.15) is 0 Å². The fraction of sp³-hybridized carbons (Fsp3) is 0.300. The first-order valence-electron chi connectivity index (χ1n) is 12.6. The van der Waals surface area contributed by atoms with Crippen molar-refractivity contribution in [2.45, 2.75) is 58.2 Å². The number of anilines is 1. The molecule has 6 heteroatoms.